The van der Waals surface area contributed by atoms with E-state index in [0.29, 0.717) is 35.9 Å². The van der Waals surface area contributed by atoms with Crippen molar-refractivity contribution in [1.29, 1.82) is 0 Å². The maximum atomic E-state index is 14.4. The van der Waals surface area contributed by atoms with Crippen LogP contribution in [0.2, 0.25) is 0 Å². The molecule has 5 rings (SSSR count). The number of allylic oxidation sites excluding steroid dienone is 1. The van der Waals surface area contributed by atoms with E-state index in [9.17, 15) is 9.18 Å². The predicted molar refractivity (Wildman–Crippen MR) is 119 cm³/mol. The van der Waals surface area contributed by atoms with Gasteiger partial charge < -0.3 is 5.32 Å². The number of fused-ring (bicyclic) bond motifs is 5. The van der Waals surface area contributed by atoms with Crippen LogP contribution in [0.4, 0.5) is 10.2 Å². The molecule has 4 nitrogen and oxygen atoms in total. The zero-order chi connectivity index (χ0) is 21.6. The third-order valence-electron chi connectivity index (χ3n) is 8.37. The molecule has 0 bridgehead atoms. The van der Waals surface area contributed by atoms with Crippen LogP contribution in [-0.4, -0.2) is 15.9 Å². The second-order valence-corrected chi connectivity index (χ2v) is 9.84. The van der Waals surface area contributed by atoms with E-state index in [4.69, 9.17) is 0 Å². The quantitative estimate of drug-likeness (QED) is 0.649. The van der Waals surface area contributed by atoms with Gasteiger partial charge in [-0.3, -0.25) is 9.78 Å². The van der Waals surface area contributed by atoms with Crippen LogP contribution in [-0.2, 0) is 11.2 Å². The van der Waals surface area contributed by atoms with E-state index in [1.165, 1.54) is 11.1 Å². The average molecular weight is 420 g/mol. The first-order valence-corrected chi connectivity index (χ1v) is 11.5. The summed E-state index contributed by atoms with van der Waals surface area (Å²) in [4.78, 5) is 20.7. The lowest BCUT2D eigenvalue weighted by atomic mass is 9.53. The first kappa shape index (κ1) is 20.3. The summed E-state index contributed by atoms with van der Waals surface area (Å²) in [6, 6.07) is 5.61. The van der Waals surface area contributed by atoms with E-state index >= 15 is 0 Å². The minimum Gasteiger partial charge on any atom is -0.309 e. The first-order valence-electron chi connectivity index (χ1n) is 11.5. The van der Waals surface area contributed by atoms with Crippen LogP contribution in [0.3, 0.4) is 0 Å². The maximum Gasteiger partial charge on any atom is 0.225 e. The molecule has 1 amide bonds. The molecule has 0 aliphatic heterocycles. The zero-order valence-corrected chi connectivity index (χ0v) is 18.1. The number of amides is 1. The normalized spacial score (nSPS) is 31.5. The highest BCUT2D eigenvalue weighted by molar-refractivity contribution is 5.89. The van der Waals surface area contributed by atoms with Gasteiger partial charge in [-0.05, 0) is 84.8 Å². The van der Waals surface area contributed by atoms with Crippen molar-refractivity contribution < 1.29 is 9.18 Å². The molecule has 1 aromatic carbocycles. The highest BCUT2D eigenvalue weighted by Crippen LogP contribution is 2.65. The molecule has 2 fully saturated rings. The number of aromatic nitrogens is 2. The highest BCUT2D eigenvalue weighted by atomic mass is 19.1. The number of halogens is 1. The Balaban J connectivity index is 1.34. The van der Waals surface area contributed by atoms with Gasteiger partial charge in [-0.1, -0.05) is 31.2 Å². The number of hydrogen-bond donors (Lipinski definition) is 1. The lowest BCUT2D eigenvalue weighted by Gasteiger charge is -2.51. The van der Waals surface area contributed by atoms with Gasteiger partial charge in [0.2, 0.25) is 5.91 Å². The van der Waals surface area contributed by atoms with E-state index < -0.39 is 0 Å². The summed E-state index contributed by atoms with van der Waals surface area (Å²) in [7, 11) is 0. The molecule has 3 aliphatic carbocycles. The van der Waals surface area contributed by atoms with Crippen LogP contribution >= 0.6 is 0 Å². The first-order chi connectivity index (χ1) is 15.0. The molecule has 1 N–H and O–H groups in total. The van der Waals surface area contributed by atoms with Gasteiger partial charge in [0.05, 0.1) is 6.20 Å². The van der Waals surface area contributed by atoms with Gasteiger partial charge >= 0.3 is 0 Å². The molecule has 5 heteroatoms. The van der Waals surface area contributed by atoms with Gasteiger partial charge in [0.15, 0.2) is 5.82 Å². The Kier molecular flexibility index (Phi) is 5.15. The number of carbonyl (C=O) groups is 1. The van der Waals surface area contributed by atoms with Crippen LogP contribution in [0.25, 0.3) is 0 Å². The minimum absolute atomic E-state index is 0.0110. The minimum atomic E-state index is -0.0441. The van der Waals surface area contributed by atoms with E-state index in [1.54, 1.807) is 24.7 Å². The van der Waals surface area contributed by atoms with Crippen LogP contribution in [0, 0.1) is 29.0 Å². The summed E-state index contributed by atoms with van der Waals surface area (Å²) < 4.78 is 14.4. The van der Waals surface area contributed by atoms with Crippen molar-refractivity contribution in [3.63, 3.8) is 0 Å². The molecule has 5 atom stereocenters. The molecule has 3 unspecified atom stereocenters. The van der Waals surface area contributed by atoms with Crippen LogP contribution in [0.1, 0.15) is 62.5 Å². The summed E-state index contributed by atoms with van der Waals surface area (Å²) in [5.74, 6) is 2.38. The number of carbonyl (C=O) groups excluding carboxylic acids is 1. The van der Waals surface area contributed by atoms with Crippen LogP contribution in [0.15, 0.2) is 48.9 Å². The monoisotopic (exact) mass is 419 g/mol. The fourth-order valence-corrected chi connectivity index (χ4v) is 6.95. The molecule has 0 spiro atoms. The number of hydrogen-bond acceptors (Lipinski definition) is 3. The molecule has 1 aromatic heterocycles. The number of nitrogens with one attached hydrogen (secondary N) is 1. The van der Waals surface area contributed by atoms with Crippen molar-refractivity contribution in [3.05, 3.63) is 65.9 Å². The topological polar surface area (TPSA) is 54.9 Å². The molecule has 0 radical (unpaired) electrons. The Hall–Kier alpha value is -2.56. The highest BCUT2D eigenvalue weighted by Gasteiger charge is 2.55. The van der Waals surface area contributed by atoms with Crippen molar-refractivity contribution in [2.75, 3.05) is 5.32 Å². The Morgan fingerprint density at radius 2 is 2.19 bits per heavy atom. The molecule has 162 valence electrons. The molecule has 3 aliphatic rings. The number of anilines is 1. The fourth-order valence-electron chi connectivity index (χ4n) is 6.95. The third kappa shape index (κ3) is 3.48. The molecular weight excluding hydrogens is 389 g/mol. The van der Waals surface area contributed by atoms with Gasteiger partial charge in [-0.2, -0.15) is 0 Å². The van der Waals surface area contributed by atoms with Crippen molar-refractivity contribution in [3.8, 4) is 0 Å². The van der Waals surface area contributed by atoms with Crippen molar-refractivity contribution in [1.82, 2.24) is 9.97 Å². The second-order valence-electron chi connectivity index (χ2n) is 9.84. The maximum absolute atomic E-state index is 14.4. The van der Waals surface area contributed by atoms with Gasteiger partial charge in [-0.25, -0.2) is 9.37 Å². The Bertz CT molecular complexity index is 1010. The predicted octanol–water partition coefficient (Wildman–Crippen LogP) is 5.67. The van der Waals surface area contributed by atoms with Crippen molar-refractivity contribution >= 4 is 11.7 Å². The smallest absolute Gasteiger partial charge is 0.225 e. The van der Waals surface area contributed by atoms with E-state index in [-0.39, 0.29) is 17.1 Å². The summed E-state index contributed by atoms with van der Waals surface area (Å²) in [5.41, 5.74) is 3.65. The summed E-state index contributed by atoms with van der Waals surface area (Å²) in [5, 5.41) is 2.86. The molecule has 2 aromatic rings. The zero-order valence-electron chi connectivity index (χ0n) is 18.1. The number of benzene rings is 1. The number of nitrogens with zero attached hydrogens (tertiary/aromatic N) is 2. The average Bonchev–Trinajstić information content (AvgIpc) is 3.03. The van der Waals surface area contributed by atoms with E-state index in [2.05, 4.69) is 34.9 Å². The molecule has 1 heterocycles. The van der Waals surface area contributed by atoms with E-state index in [0.717, 1.165) is 44.1 Å². The number of rotatable bonds is 4. The standard InChI is InChI=1S/C26H30FN3O/c1-16-14-17(6-9-24(31)30-23-15-28-12-13-29-23)25-21-8-7-20-18(4-3-5-22(20)27)19(21)10-11-26(16,25)2/h3-5,12-13,15,17,19,21,25H,1,6-11,14H2,2H3,(H,29,30,31)/t17-,19?,21?,25?,26-/m1/s1. The van der Waals surface area contributed by atoms with E-state index in [1.807, 2.05) is 6.07 Å². The third-order valence-corrected chi connectivity index (χ3v) is 8.37. The molecular formula is C26H30FN3O. The molecule has 31 heavy (non-hydrogen) atoms. The second kappa shape index (κ2) is 7.85. The van der Waals surface area contributed by atoms with Crippen LogP contribution in [0.5, 0.6) is 0 Å². The fraction of sp³-hybridized carbons (Fsp3) is 0.500. The Morgan fingerprint density at radius 1 is 1.32 bits per heavy atom. The van der Waals surface area contributed by atoms with Gasteiger partial charge in [-0.15, -0.1) is 0 Å². The molecule has 0 saturated heterocycles. The SMILES string of the molecule is C=C1C[C@@H](CCC(=O)Nc2cnccn2)C2C3CCc4c(F)cccc4C3CC[C@]12C. The summed E-state index contributed by atoms with van der Waals surface area (Å²) in [6.07, 6.45) is 11.1. The van der Waals surface area contributed by atoms with Gasteiger partial charge in [0.25, 0.3) is 0 Å². The Morgan fingerprint density at radius 3 is 3.00 bits per heavy atom. The van der Waals surface area contributed by atoms with Crippen LogP contribution < -0.4 is 5.32 Å². The Labute approximate surface area is 183 Å². The largest absolute Gasteiger partial charge is 0.309 e. The van der Waals surface area contributed by atoms with Gasteiger partial charge in [0, 0.05) is 18.8 Å². The summed E-state index contributed by atoms with van der Waals surface area (Å²) >= 11 is 0. The lowest BCUT2D eigenvalue weighted by molar-refractivity contribution is -0.116. The lowest BCUT2D eigenvalue weighted by Crippen LogP contribution is -2.42. The van der Waals surface area contributed by atoms with Crippen molar-refractivity contribution in [2.45, 2.75) is 57.8 Å². The van der Waals surface area contributed by atoms with Gasteiger partial charge in [0.1, 0.15) is 5.82 Å². The molecule has 2 saturated carbocycles. The van der Waals surface area contributed by atoms with Crippen molar-refractivity contribution in [2.24, 2.45) is 23.2 Å². The summed E-state index contributed by atoms with van der Waals surface area (Å²) in [6.45, 7) is 6.86.